The third kappa shape index (κ3) is 5.28. The van der Waals surface area contributed by atoms with Gasteiger partial charge in [0, 0.05) is 0 Å². The number of pyridine rings is 1. The topological polar surface area (TPSA) is 110 Å². The third-order valence-corrected chi connectivity index (χ3v) is 10.0. The highest BCUT2D eigenvalue weighted by molar-refractivity contribution is 7.13. The standard InChI is InChI=1S/C29H40BN3O5S/c1-16(2)13-24(30-37-23-15-18-14-22(28(18,4)5)29(23,6)38-30)32-27(36)25(17(3)34)33-26(35)20-10-7-9-19(31-20)21-11-8-12-39-21/h7-12,16-18,22-25,34H,13-15H2,1-6H3,(H,32,36)(H,33,35)/t17-,18-,22+,23-,24+,25+,29+/m1/s1. The molecule has 0 aromatic carbocycles. The summed E-state index contributed by atoms with van der Waals surface area (Å²) < 4.78 is 13.1. The van der Waals surface area contributed by atoms with E-state index in [0.29, 0.717) is 24.0 Å². The van der Waals surface area contributed by atoms with E-state index in [2.05, 4.69) is 50.2 Å². The molecule has 2 bridgehead atoms. The molecule has 0 unspecified atom stereocenters. The number of rotatable bonds is 9. The van der Waals surface area contributed by atoms with E-state index in [1.165, 1.54) is 18.3 Å². The van der Waals surface area contributed by atoms with Crippen LogP contribution in [0.4, 0.5) is 0 Å². The van der Waals surface area contributed by atoms with E-state index >= 15 is 0 Å². The van der Waals surface area contributed by atoms with Crippen molar-refractivity contribution in [1.29, 1.82) is 0 Å². The molecule has 3 saturated carbocycles. The van der Waals surface area contributed by atoms with Gasteiger partial charge in [0.15, 0.2) is 0 Å². The Labute approximate surface area is 235 Å². The SMILES string of the molecule is CC(C)C[C@H](NC(=O)[C@@H](NC(=O)c1cccc(-c2cccs2)n1)[C@@H](C)O)B1O[C@@H]2C[C@H]3C[C@@H](C3(C)C)[C@]2(C)O1. The Morgan fingerprint density at radius 2 is 1.92 bits per heavy atom. The number of aliphatic hydroxyl groups is 1. The molecular formula is C29H40BN3O5S. The Kier molecular flexibility index (Phi) is 7.69. The zero-order valence-corrected chi connectivity index (χ0v) is 24.5. The van der Waals surface area contributed by atoms with Gasteiger partial charge in [-0.25, -0.2) is 4.98 Å². The van der Waals surface area contributed by atoms with Crippen LogP contribution in [0.1, 0.15) is 71.3 Å². The molecule has 0 spiro atoms. The Morgan fingerprint density at radius 3 is 2.56 bits per heavy atom. The molecule has 1 aliphatic heterocycles. The van der Waals surface area contributed by atoms with Crippen molar-refractivity contribution >= 4 is 30.3 Å². The summed E-state index contributed by atoms with van der Waals surface area (Å²) in [5.41, 5.74) is 0.690. The summed E-state index contributed by atoms with van der Waals surface area (Å²) in [4.78, 5) is 32.0. The van der Waals surface area contributed by atoms with Gasteiger partial charge in [0.1, 0.15) is 11.7 Å². The van der Waals surface area contributed by atoms with Gasteiger partial charge in [-0.15, -0.1) is 11.3 Å². The molecule has 7 atom stereocenters. The number of aromatic nitrogens is 1. The van der Waals surface area contributed by atoms with Crippen molar-refractivity contribution in [3.8, 4) is 10.6 Å². The van der Waals surface area contributed by atoms with E-state index in [4.69, 9.17) is 9.31 Å². The largest absolute Gasteiger partial charge is 0.481 e. The lowest BCUT2D eigenvalue weighted by molar-refractivity contribution is -0.199. The Morgan fingerprint density at radius 1 is 1.15 bits per heavy atom. The first-order valence-corrected chi connectivity index (χ1v) is 14.9. The number of carbonyl (C=O) groups is 2. The summed E-state index contributed by atoms with van der Waals surface area (Å²) >= 11 is 1.53. The molecule has 1 saturated heterocycles. The lowest BCUT2D eigenvalue weighted by Crippen LogP contribution is -2.65. The van der Waals surface area contributed by atoms with Crippen LogP contribution in [0.5, 0.6) is 0 Å². The summed E-state index contributed by atoms with van der Waals surface area (Å²) in [7, 11) is -0.587. The first-order valence-electron chi connectivity index (χ1n) is 14.0. The maximum absolute atomic E-state index is 13.5. The fourth-order valence-corrected chi connectivity index (χ4v) is 7.53. The molecule has 8 nitrogen and oxygen atoms in total. The first kappa shape index (κ1) is 28.3. The van der Waals surface area contributed by atoms with E-state index in [9.17, 15) is 14.7 Å². The monoisotopic (exact) mass is 553 g/mol. The van der Waals surface area contributed by atoms with Gasteiger partial charge in [0.25, 0.3) is 5.91 Å². The summed E-state index contributed by atoms with van der Waals surface area (Å²) in [6, 6.07) is 7.89. The molecule has 6 rings (SSSR count). The van der Waals surface area contributed by atoms with Crippen molar-refractivity contribution in [2.24, 2.45) is 23.2 Å². The molecule has 2 amide bonds. The van der Waals surface area contributed by atoms with Gasteiger partial charge in [-0.05, 0) is 79.9 Å². The van der Waals surface area contributed by atoms with E-state index in [-0.39, 0.29) is 28.7 Å². The maximum atomic E-state index is 13.5. The van der Waals surface area contributed by atoms with Crippen LogP contribution in [0.15, 0.2) is 35.7 Å². The Bertz CT molecular complexity index is 1210. The second-order valence-electron chi connectivity index (χ2n) is 12.7. The molecule has 0 radical (unpaired) electrons. The van der Waals surface area contributed by atoms with Crippen LogP contribution < -0.4 is 10.6 Å². The van der Waals surface area contributed by atoms with Crippen molar-refractivity contribution in [3.05, 3.63) is 41.4 Å². The van der Waals surface area contributed by atoms with Gasteiger partial charge in [-0.3, -0.25) is 9.59 Å². The number of hydrogen-bond acceptors (Lipinski definition) is 7. The summed E-state index contributed by atoms with van der Waals surface area (Å²) in [5, 5.41) is 18.2. The number of nitrogens with one attached hydrogen (secondary N) is 2. The number of hydrogen-bond donors (Lipinski definition) is 3. The minimum Gasteiger partial charge on any atom is -0.404 e. The van der Waals surface area contributed by atoms with Crippen LogP contribution in [0, 0.1) is 23.2 Å². The van der Waals surface area contributed by atoms with Crippen molar-refractivity contribution in [1.82, 2.24) is 15.6 Å². The van der Waals surface area contributed by atoms with Crippen LogP contribution in [0.2, 0.25) is 0 Å². The minimum atomic E-state index is -1.16. The molecular weight excluding hydrogens is 513 g/mol. The fourth-order valence-electron chi connectivity index (χ4n) is 6.83. The lowest BCUT2D eigenvalue weighted by Gasteiger charge is -2.64. The van der Waals surface area contributed by atoms with E-state index < -0.39 is 37.0 Å². The Balaban J connectivity index is 1.29. The van der Waals surface area contributed by atoms with E-state index in [0.717, 1.165) is 17.7 Å². The Hall–Kier alpha value is -2.27. The number of nitrogens with zero attached hydrogens (tertiary/aromatic N) is 1. The highest BCUT2D eigenvalue weighted by Gasteiger charge is 2.68. The van der Waals surface area contributed by atoms with Gasteiger partial charge in [-0.1, -0.05) is 39.8 Å². The molecule has 3 N–H and O–H groups in total. The van der Waals surface area contributed by atoms with E-state index in [1.807, 2.05) is 23.6 Å². The zero-order chi connectivity index (χ0) is 28.1. The van der Waals surface area contributed by atoms with Crippen LogP contribution in [-0.2, 0) is 14.1 Å². The van der Waals surface area contributed by atoms with Crippen molar-refractivity contribution in [2.75, 3.05) is 0 Å². The van der Waals surface area contributed by atoms with Crippen LogP contribution in [-0.4, -0.2) is 58.8 Å². The maximum Gasteiger partial charge on any atom is 0.481 e. The van der Waals surface area contributed by atoms with Crippen LogP contribution in [0.3, 0.4) is 0 Å². The van der Waals surface area contributed by atoms with Gasteiger partial charge < -0.3 is 25.0 Å². The number of aliphatic hydroxyl groups excluding tert-OH is 1. The minimum absolute atomic E-state index is 0.000185. The molecule has 10 heteroatoms. The summed E-state index contributed by atoms with van der Waals surface area (Å²) in [5.74, 6) is -0.108. The highest BCUT2D eigenvalue weighted by atomic mass is 32.1. The van der Waals surface area contributed by atoms with E-state index in [1.54, 1.807) is 12.1 Å². The molecule has 210 valence electrons. The second kappa shape index (κ2) is 10.6. The molecule has 2 aromatic heterocycles. The first-order chi connectivity index (χ1) is 18.4. The molecule has 3 heterocycles. The average molecular weight is 554 g/mol. The summed E-state index contributed by atoms with van der Waals surface area (Å²) in [6.07, 6.45) is 1.63. The zero-order valence-electron chi connectivity index (χ0n) is 23.6. The molecule has 4 aliphatic rings. The van der Waals surface area contributed by atoms with Gasteiger partial charge >= 0.3 is 7.12 Å². The smallest absolute Gasteiger partial charge is 0.404 e. The van der Waals surface area contributed by atoms with Crippen molar-refractivity contribution in [2.45, 2.75) is 90.6 Å². The van der Waals surface area contributed by atoms with Crippen molar-refractivity contribution < 1.29 is 24.0 Å². The predicted molar refractivity (Wildman–Crippen MR) is 152 cm³/mol. The predicted octanol–water partition coefficient (Wildman–Crippen LogP) is 4.09. The highest BCUT2D eigenvalue weighted by Crippen LogP contribution is 2.65. The lowest BCUT2D eigenvalue weighted by atomic mass is 9.43. The van der Waals surface area contributed by atoms with Crippen molar-refractivity contribution in [3.63, 3.8) is 0 Å². The second-order valence-corrected chi connectivity index (χ2v) is 13.6. The van der Waals surface area contributed by atoms with Crippen LogP contribution >= 0.6 is 11.3 Å². The molecule has 3 aliphatic carbocycles. The van der Waals surface area contributed by atoms with Crippen LogP contribution in [0.25, 0.3) is 10.6 Å². The fraction of sp³-hybridized carbons (Fsp3) is 0.621. The molecule has 39 heavy (non-hydrogen) atoms. The normalized spacial score (nSPS) is 29.2. The van der Waals surface area contributed by atoms with Gasteiger partial charge in [0.05, 0.1) is 34.3 Å². The summed E-state index contributed by atoms with van der Waals surface area (Å²) in [6.45, 7) is 12.5. The van der Waals surface area contributed by atoms with Gasteiger partial charge in [-0.2, -0.15) is 0 Å². The quantitative estimate of drug-likeness (QED) is 0.404. The number of carbonyl (C=O) groups excluding carboxylic acids is 2. The number of amides is 2. The molecule has 4 fully saturated rings. The number of thiophene rings is 1. The average Bonchev–Trinajstić information content (AvgIpc) is 3.53. The molecule has 2 aromatic rings. The van der Waals surface area contributed by atoms with Gasteiger partial charge in [0.2, 0.25) is 5.91 Å². The third-order valence-electron chi connectivity index (χ3n) is 9.16.